The Hall–Kier alpha value is -3.00. The number of esters is 1. The van der Waals surface area contributed by atoms with Gasteiger partial charge >= 0.3 is 5.97 Å². The second-order valence-corrected chi connectivity index (χ2v) is 5.54. The molecule has 0 aliphatic rings. The van der Waals surface area contributed by atoms with Crippen LogP contribution in [0.2, 0.25) is 0 Å². The molecule has 5 nitrogen and oxygen atoms in total. The molecule has 0 N–H and O–H groups in total. The number of aromatic nitrogens is 1. The molecule has 0 bridgehead atoms. The number of aryl methyl sites for hydroxylation is 2. The fraction of sp³-hybridized carbons (Fsp3) is 0.263. The van der Waals surface area contributed by atoms with E-state index in [1.807, 2.05) is 37.3 Å². The number of carbonyl (C=O) groups is 1. The Kier molecular flexibility index (Phi) is 4.39. The van der Waals surface area contributed by atoms with Crippen LogP contribution < -0.4 is 0 Å². The largest absolute Gasteiger partial charge is 0.461 e. The summed E-state index contributed by atoms with van der Waals surface area (Å²) in [5.41, 5.74) is 3.98. The minimum Gasteiger partial charge on any atom is -0.461 e. The lowest BCUT2D eigenvalue weighted by atomic mass is 10.1. The monoisotopic (exact) mass is 322 g/mol. The number of rotatable bonds is 5. The van der Waals surface area contributed by atoms with E-state index in [9.17, 15) is 4.79 Å². The molecule has 0 aliphatic heterocycles. The van der Waals surface area contributed by atoms with Crippen LogP contribution in [0.25, 0.3) is 22.4 Å². The van der Waals surface area contributed by atoms with Gasteiger partial charge in [0.1, 0.15) is 11.5 Å². The normalized spacial score (nSPS) is 10.7. The van der Waals surface area contributed by atoms with Crippen LogP contribution in [-0.2, 0) is 11.3 Å². The van der Waals surface area contributed by atoms with Crippen molar-refractivity contribution < 1.29 is 13.9 Å². The maximum Gasteiger partial charge on any atom is 0.355 e. The molecule has 2 aromatic heterocycles. The van der Waals surface area contributed by atoms with Crippen molar-refractivity contribution in [1.82, 2.24) is 4.57 Å². The summed E-state index contributed by atoms with van der Waals surface area (Å²) in [7, 11) is 0. The van der Waals surface area contributed by atoms with Gasteiger partial charge in [-0.25, -0.2) is 4.79 Å². The highest BCUT2D eigenvalue weighted by Crippen LogP contribution is 2.31. The molecule has 3 rings (SSSR count). The number of carbonyl (C=O) groups excluding carboxylic acids is 1. The van der Waals surface area contributed by atoms with Gasteiger partial charge in [0.05, 0.1) is 24.6 Å². The Bertz CT molecular complexity index is 911. The van der Waals surface area contributed by atoms with Gasteiger partial charge in [-0.15, -0.1) is 0 Å². The SMILES string of the molecule is CCOC(=O)c1cc2oc(-c3ccc(C)cc3)cc2n1CCC#N. The summed E-state index contributed by atoms with van der Waals surface area (Å²) >= 11 is 0. The smallest absolute Gasteiger partial charge is 0.355 e. The molecule has 0 fully saturated rings. The fourth-order valence-electron chi connectivity index (χ4n) is 2.68. The molecule has 0 atom stereocenters. The van der Waals surface area contributed by atoms with Crippen molar-refractivity contribution >= 4 is 17.1 Å². The number of fused-ring (bicyclic) bond motifs is 1. The summed E-state index contributed by atoms with van der Waals surface area (Å²) in [5, 5.41) is 8.88. The zero-order valence-electron chi connectivity index (χ0n) is 13.7. The van der Waals surface area contributed by atoms with Crippen LogP contribution in [-0.4, -0.2) is 17.1 Å². The predicted octanol–water partition coefficient (Wildman–Crippen LogP) is 4.30. The molecule has 0 saturated heterocycles. The van der Waals surface area contributed by atoms with E-state index in [4.69, 9.17) is 14.4 Å². The highest BCUT2D eigenvalue weighted by Gasteiger charge is 2.20. The zero-order chi connectivity index (χ0) is 17.1. The second-order valence-electron chi connectivity index (χ2n) is 5.54. The van der Waals surface area contributed by atoms with Crippen LogP contribution in [0.1, 0.15) is 29.4 Å². The zero-order valence-corrected chi connectivity index (χ0v) is 13.7. The van der Waals surface area contributed by atoms with E-state index >= 15 is 0 Å². The number of furan rings is 1. The molecular formula is C19H18N2O3. The quantitative estimate of drug-likeness (QED) is 0.657. The van der Waals surface area contributed by atoms with Gasteiger partial charge in [0, 0.05) is 24.2 Å². The molecule has 1 aromatic carbocycles. The molecule has 0 spiro atoms. The summed E-state index contributed by atoms with van der Waals surface area (Å²) in [5.74, 6) is 0.333. The number of ether oxygens (including phenoxy) is 1. The van der Waals surface area contributed by atoms with Crippen molar-refractivity contribution in [3.8, 4) is 17.4 Å². The van der Waals surface area contributed by atoms with E-state index in [1.54, 1.807) is 17.6 Å². The molecule has 0 unspecified atom stereocenters. The van der Waals surface area contributed by atoms with Crippen molar-refractivity contribution in [2.45, 2.75) is 26.8 Å². The van der Waals surface area contributed by atoms with E-state index in [0.29, 0.717) is 30.8 Å². The van der Waals surface area contributed by atoms with Gasteiger partial charge < -0.3 is 13.7 Å². The highest BCUT2D eigenvalue weighted by atomic mass is 16.5. The minimum absolute atomic E-state index is 0.304. The Morgan fingerprint density at radius 2 is 2.04 bits per heavy atom. The number of hydrogen-bond acceptors (Lipinski definition) is 4. The summed E-state index contributed by atoms with van der Waals surface area (Å²) in [6, 6.07) is 13.7. The van der Waals surface area contributed by atoms with Crippen LogP contribution in [0.4, 0.5) is 0 Å². The third-order valence-electron chi connectivity index (χ3n) is 3.86. The molecule has 122 valence electrons. The van der Waals surface area contributed by atoms with Gasteiger partial charge in [0.15, 0.2) is 5.58 Å². The number of nitriles is 1. The Morgan fingerprint density at radius 3 is 2.71 bits per heavy atom. The Morgan fingerprint density at radius 1 is 1.29 bits per heavy atom. The first kappa shape index (κ1) is 15.9. The van der Waals surface area contributed by atoms with Gasteiger partial charge in [0.2, 0.25) is 0 Å². The van der Waals surface area contributed by atoms with E-state index < -0.39 is 5.97 Å². The van der Waals surface area contributed by atoms with E-state index in [-0.39, 0.29) is 0 Å². The second kappa shape index (κ2) is 6.63. The van der Waals surface area contributed by atoms with Gasteiger partial charge in [-0.3, -0.25) is 0 Å². The maximum atomic E-state index is 12.1. The van der Waals surface area contributed by atoms with Crippen LogP contribution in [0.5, 0.6) is 0 Å². The number of hydrogen-bond donors (Lipinski definition) is 0. The van der Waals surface area contributed by atoms with Gasteiger partial charge in [-0.05, 0) is 13.8 Å². The van der Waals surface area contributed by atoms with Crippen molar-refractivity contribution in [2.24, 2.45) is 0 Å². The lowest BCUT2D eigenvalue weighted by Crippen LogP contribution is -2.12. The molecule has 0 aliphatic carbocycles. The predicted molar refractivity (Wildman–Crippen MR) is 90.6 cm³/mol. The standard InChI is InChI=1S/C19H18N2O3/c1-3-23-19(22)16-12-18-15(21(16)10-4-9-20)11-17(24-18)14-7-5-13(2)6-8-14/h5-8,11-12H,3-4,10H2,1-2H3. The third-order valence-corrected chi connectivity index (χ3v) is 3.86. The Labute approximate surface area is 140 Å². The van der Waals surface area contributed by atoms with E-state index in [2.05, 4.69) is 6.07 Å². The number of benzene rings is 1. The summed E-state index contributed by atoms with van der Waals surface area (Å²) in [6.07, 6.45) is 0.307. The molecule has 2 heterocycles. The molecule has 5 heteroatoms. The van der Waals surface area contributed by atoms with Crippen LogP contribution in [0.3, 0.4) is 0 Å². The van der Waals surface area contributed by atoms with Gasteiger partial charge in [-0.1, -0.05) is 29.8 Å². The number of nitrogens with zero attached hydrogens (tertiary/aromatic N) is 2. The van der Waals surface area contributed by atoms with E-state index in [1.165, 1.54) is 5.56 Å². The Balaban J connectivity index is 2.06. The molecule has 3 aromatic rings. The molecule has 0 amide bonds. The van der Waals surface area contributed by atoms with Crippen molar-refractivity contribution in [1.29, 1.82) is 5.26 Å². The lowest BCUT2D eigenvalue weighted by molar-refractivity contribution is 0.0514. The average Bonchev–Trinajstić information content (AvgIpc) is 3.12. The first-order valence-electron chi connectivity index (χ1n) is 7.88. The van der Waals surface area contributed by atoms with Crippen LogP contribution in [0.15, 0.2) is 40.8 Å². The van der Waals surface area contributed by atoms with Crippen LogP contribution >= 0.6 is 0 Å². The van der Waals surface area contributed by atoms with Crippen molar-refractivity contribution in [2.75, 3.05) is 6.61 Å². The summed E-state index contributed by atoms with van der Waals surface area (Å²) in [6.45, 7) is 4.52. The maximum absolute atomic E-state index is 12.1. The fourth-order valence-corrected chi connectivity index (χ4v) is 2.68. The molecule has 24 heavy (non-hydrogen) atoms. The van der Waals surface area contributed by atoms with Crippen LogP contribution in [0, 0.1) is 18.3 Å². The minimum atomic E-state index is -0.404. The average molecular weight is 322 g/mol. The topological polar surface area (TPSA) is 68.2 Å². The van der Waals surface area contributed by atoms with E-state index in [0.717, 1.165) is 16.8 Å². The third kappa shape index (κ3) is 2.91. The highest BCUT2D eigenvalue weighted by molar-refractivity contribution is 5.95. The van der Waals surface area contributed by atoms with Crippen molar-refractivity contribution in [3.05, 3.63) is 47.7 Å². The molecular weight excluding hydrogens is 304 g/mol. The van der Waals surface area contributed by atoms with Crippen molar-refractivity contribution in [3.63, 3.8) is 0 Å². The first-order valence-corrected chi connectivity index (χ1v) is 7.88. The molecule has 0 radical (unpaired) electrons. The summed E-state index contributed by atoms with van der Waals surface area (Å²) in [4.78, 5) is 12.1. The lowest BCUT2D eigenvalue weighted by Gasteiger charge is -2.07. The van der Waals surface area contributed by atoms with Gasteiger partial charge in [0.25, 0.3) is 0 Å². The first-order chi connectivity index (χ1) is 11.6. The molecule has 0 saturated carbocycles. The summed E-state index contributed by atoms with van der Waals surface area (Å²) < 4.78 is 12.8. The van der Waals surface area contributed by atoms with Gasteiger partial charge in [-0.2, -0.15) is 5.26 Å².